The number of nitrogens with two attached hydrogens (primary N) is 1. The number of anilines is 1. The van der Waals surface area contributed by atoms with Crippen LogP contribution in [0.2, 0.25) is 5.02 Å². The average Bonchev–Trinajstić information content (AvgIpc) is 3.14. The number of methoxy groups -OCH3 is 1. The molecular formula is C22H21ClN7O3. The Bertz CT molecular complexity index is 1430. The molecule has 0 saturated heterocycles. The van der Waals surface area contributed by atoms with Crippen LogP contribution in [-0.4, -0.2) is 36.4 Å². The lowest BCUT2D eigenvalue weighted by Gasteiger charge is -2.13. The molecule has 3 aromatic heterocycles. The first kappa shape index (κ1) is 22.3. The highest BCUT2D eigenvalue weighted by Gasteiger charge is 2.20. The van der Waals surface area contributed by atoms with Crippen molar-refractivity contribution in [1.82, 2.24) is 29.3 Å². The first-order valence-electron chi connectivity index (χ1n) is 9.74. The van der Waals surface area contributed by atoms with Crippen LogP contribution in [0.4, 0.5) is 5.82 Å². The molecule has 0 bridgehead atoms. The van der Waals surface area contributed by atoms with Crippen LogP contribution in [0.25, 0.3) is 33.9 Å². The van der Waals surface area contributed by atoms with Crippen molar-refractivity contribution < 1.29 is 9.47 Å². The van der Waals surface area contributed by atoms with E-state index < -0.39 is 0 Å². The molecule has 169 valence electrons. The summed E-state index contributed by atoms with van der Waals surface area (Å²) in [5, 5.41) is 4.52. The van der Waals surface area contributed by atoms with E-state index in [9.17, 15) is 4.79 Å². The van der Waals surface area contributed by atoms with Gasteiger partial charge in [0.25, 0.3) is 5.56 Å². The van der Waals surface area contributed by atoms with Gasteiger partial charge in [-0.15, -0.1) is 0 Å². The third-order valence-electron chi connectivity index (χ3n) is 5.06. The van der Waals surface area contributed by atoms with E-state index >= 15 is 0 Å². The van der Waals surface area contributed by atoms with Gasteiger partial charge in [-0.05, 0) is 13.0 Å². The van der Waals surface area contributed by atoms with Crippen molar-refractivity contribution in [3.05, 3.63) is 58.9 Å². The number of aromatic nitrogens is 6. The number of benzene rings is 1. The third-order valence-corrected chi connectivity index (χ3v) is 5.45. The maximum atomic E-state index is 13.0. The molecule has 10 nitrogen and oxygen atoms in total. The Morgan fingerprint density at radius 3 is 2.45 bits per heavy atom. The predicted octanol–water partition coefficient (Wildman–Crippen LogP) is 3.03. The second kappa shape index (κ2) is 8.55. The van der Waals surface area contributed by atoms with Gasteiger partial charge in [0.05, 0.1) is 29.7 Å². The van der Waals surface area contributed by atoms with Gasteiger partial charge in [0.1, 0.15) is 35.7 Å². The lowest BCUT2D eigenvalue weighted by Crippen LogP contribution is -2.21. The number of nitrogens with zero attached hydrogens (tertiary/aromatic N) is 6. The summed E-state index contributed by atoms with van der Waals surface area (Å²) < 4.78 is 13.5. The third kappa shape index (κ3) is 4.00. The van der Waals surface area contributed by atoms with E-state index in [0.29, 0.717) is 28.4 Å². The minimum absolute atomic E-state index is 0.0707. The standard InChI is InChI=1S/C22H21ClN7O3/c1-11-14(9-30(3)28-11)15-8-25-21(24)20(26-15)16-10-29(2)22(31)19(27-16)13-6-12(32-4)7-17(33-5)18(13)23/h6-10H,5H2,1-4H3,(H2,24,25). The number of hydrogen-bond donors (Lipinski definition) is 1. The fourth-order valence-electron chi connectivity index (χ4n) is 3.43. The maximum Gasteiger partial charge on any atom is 0.276 e. The molecular weight excluding hydrogens is 446 g/mol. The lowest BCUT2D eigenvalue weighted by molar-refractivity contribution is 0.408. The second-order valence-corrected chi connectivity index (χ2v) is 7.69. The van der Waals surface area contributed by atoms with E-state index in [-0.39, 0.29) is 27.8 Å². The molecule has 4 aromatic rings. The van der Waals surface area contributed by atoms with Gasteiger partial charge in [0, 0.05) is 43.7 Å². The number of ether oxygens (including phenoxy) is 2. The number of nitrogen functional groups attached to an aromatic ring is 1. The van der Waals surface area contributed by atoms with Crippen molar-refractivity contribution in [2.75, 3.05) is 12.8 Å². The van der Waals surface area contributed by atoms with E-state index in [1.807, 2.05) is 20.2 Å². The Morgan fingerprint density at radius 2 is 1.82 bits per heavy atom. The van der Waals surface area contributed by atoms with Crippen LogP contribution in [-0.2, 0) is 14.1 Å². The van der Waals surface area contributed by atoms with Crippen molar-refractivity contribution in [2.24, 2.45) is 14.1 Å². The molecule has 1 aromatic carbocycles. The first-order chi connectivity index (χ1) is 15.7. The largest absolute Gasteiger partial charge is 0.497 e. The normalized spacial score (nSPS) is 11.0. The van der Waals surface area contributed by atoms with Crippen LogP contribution < -0.4 is 20.8 Å². The van der Waals surface area contributed by atoms with Crippen molar-refractivity contribution in [3.63, 3.8) is 0 Å². The molecule has 11 heteroatoms. The summed E-state index contributed by atoms with van der Waals surface area (Å²) >= 11 is 6.48. The number of rotatable bonds is 5. The number of halogens is 1. The van der Waals surface area contributed by atoms with Gasteiger partial charge in [0.2, 0.25) is 0 Å². The fraction of sp³-hybridized carbons (Fsp3) is 0.182. The first-order valence-corrected chi connectivity index (χ1v) is 10.1. The van der Waals surface area contributed by atoms with Gasteiger partial charge in [0.15, 0.2) is 5.82 Å². The Balaban J connectivity index is 1.94. The highest BCUT2D eigenvalue weighted by atomic mass is 35.5. The Labute approximate surface area is 194 Å². The molecule has 0 aliphatic heterocycles. The van der Waals surface area contributed by atoms with Crippen molar-refractivity contribution in [1.29, 1.82) is 0 Å². The zero-order chi connectivity index (χ0) is 23.9. The minimum Gasteiger partial charge on any atom is -0.497 e. The summed E-state index contributed by atoms with van der Waals surface area (Å²) in [6, 6.07) is 3.17. The zero-order valence-electron chi connectivity index (χ0n) is 18.5. The Morgan fingerprint density at radius 1 is 1.09 bits per heavy atom. The van der Waals surface area contributed by atoms with Gasteiger partial charge in [-0.25, -0.2) is 15.0 Å². The molecule has 3 heterocycles. The molecule has 0 aliphatic carbocycles. The van der Waals surface area contributed by atoms with E-state index in [0.717, 1.165) is 11.3 Å². The van der Waals surface area contributed by atoms with E-state index in [2.05, 4.69) is 27.2 Å². The Kier molecular flexibility index (Phi) is 5.77. The molecule has 2 N–H and O–H groups in total. The topological polar surface area (TPSA) is 123 Å². The summed E-state index contributed by atoms with van der Waals surface area (Å²) in [4.78, 5) is 26.5. The molecule has 4 rings (SSSR count). The Hall–Kier alpha value is -3.92. The van der Waals surface area contributed by atoms with Gasteiger partial charge in [-0.3, -0.25) is 9.48 Å². The van der Waals surface area contributed by atoms with Crippen molar-refractivity contribution >= 4 is 17.4 Å². The lowest BCUT2D eigenvalue weighted by atomic mass is 10.1. The quantitative estimate of drug-likeness (QED) is 0.476. The summed E-state index contributed by atoms with van der Waals surface area (Å²) in [5.41, 5.74) is 9.00. The molecule has 0 aliphatic rings. The molecule has 0 spiro atoms. The van der Waals surface area contributed by atoms with Crippen molar-refractivity contribution in [3.8, 4) is 45.4 Å². The smallest absolute Gasteiger partial charge is 0.276 e. The summed E-state index contributed by atoms with van der Waals surface area (Å²) in [7, 11) is 8.32. The van der Waals surface area contributed by atoms with Gasteiger partial charge >= 0.3 is 0 Å². The summed E-state index contributed by atoms with van der Waals surface area (Å²) in [5.74, 6) is 0.834. The average molecular weight is 467 g/mol. The number of hydrogen-bond acceptors (Lipinski definition) is 8. The molecule has 0 atom stereocenters. The SMILES string of the molecule is [CH2]Oc1cc(OC)cc(-c2nc(-c3nc(-c4cn(C)nc4C)cnc3N)cn(C)c2=O)c1Cl. The number of aryl methyl sites for hydroxylation is 3. The van der Waals surface area contributed by atoms with Gasteiger partial charge < -0.3 is 19.8 Å². The highest BCUT2D eigenvalue weighted by Crippen LogP contribution is 2.38. The van der Waals surface area contributed by atoms with Crippen LogP contribution in [0.1, 0.15) is 5.69 Å². The van der Waals surface area contributed by atoms with Crippen LogP contribution in [0, 0.1) is 14.0 Å². The van der Waals surface area contributed by atoms with E-state index in [1.165, 1.54) is 11.7 Å². The van der Waals surface area contributed by atoms with Crippen LogP contribution in [0.3, 0.4) is 0 Å². The maximum absolute atomic E-state index is 13.0. The zero-order valence-corrected chi connectivity index (χ0v) is 19.2. The van der Waals surface area contributed by atoms with Gasteiger partial charge in [-0.2, -0.15) is 5.10 Å². The van der Waals surface area contributed by atoms with Crippen LogP contribution in [0.15, 0.2) is 35.5 Å². The van der Waals surface area contributed by atoms with E-state index in [1.54, 1.807) is 36.3 Å². The summed E-state index contributed by atoms with van der Waals surface area (Å²) in [6.45, 7) is 1.88. The molecule has 0 unspecified atom stereocenters. The molecule has 0 saturated carbocycles. The monoisotopic (exact) mass is 466 g/mol. The fourth-order valence-corrected chi connectivity index (χ4v) is 3.68. The van der Waals surface area contributed by atoms with Gasteiger partial charge in [-0.1, -0.05) is 11.6 Å². The van der Waals surface area contributed by atoms with Crippen LogP contribution in [0.5, 0.6) is 11.5 Å². The highest BCUT2D eigenvalue weighted by molar-refractivity contribution is 6.34. The molecule has 0 amide bonds. The van der Waals surface area contributed by atoms with E-state index in [4.69, 9.17) is 26.8 Å². The molecule has 0 fully saturated rings. The molecule has 33 heavy (non-hydrogen) atoms. The van der Waals surface area contributed by atoms with Crippen LogP contribution >= 0.6 is 11.6 Å². The van der Waals surface area contributed by atoms with Crippen molar-refractivity contribution in [2.45, 2.75) is 6.92 Å². The second-order valence-electron chi connectivity index (χ2n) is 7.31. The summed E-state index contributed by atoms with van der Waals surface area (Å²) in [6.07, 6.45) is 4.96. The molecule has 1 radical (unpaired) electrons. The minimum atomic E-state index is -0.380. The predicted molar refractivity (Wildman–Crippen MR) is 125 cm³/mol.